The number of carbonyl (C=O) groups is 1. The van der Waals surface area contributed by atoms with Gasteiger partial charge in [0.05, 0.1) is 6.04 Å². The van der Waals surface area contributed by atoms with Gasteiger partial charge < -0.3 is 5.32 Å². The van der Waals surface area contributed by atoms with Crippen molar-refractivity contribution in [1.82, 2.24) is 10.2 Å². The van der Waals surface area contributed by atoms with Crippen molar-refractivity contribution < 1.29 is 4.79 Å². The second-order valence-corrected chi connectivity index (χ2v) is 9.01. The van der Waals surface area contributed by atoms with E-state index in [1.54, 1.807) is 0 Å². The van der Waals surface area contributed by atoms with Crippen LogP contribution in [-0.4, -0.2) is 23.9 Å². The number of hydrogen-bond acceptors (Lipinski definition) is 2. The normalized spacial score (nSPS) is 18.8. The van der Waals surface area contributed by atoms with Gasteiger partial charge in [-0.15, -0.1) is 0 Å². The fourth-order valence-corrected chi connectivity index (χ4v) is 4.85. The maximum atomic E-state index is 12.8. The molecule has 1 aliphatic carbocycles. The first kappa shape index (κ1) is 20.4. The largest absolute Gasteiger partial charge is 0.349 e. The maximum absolute atomic E-state index is 12.8. The number of hydrogen-bond donors (Lipinski definition) is 1. The topological polar surface area (TPSA) is 32.3 Å². The summed E-state index contributed by atoms with van der Waals surface area (Å²) in [6, 6.07) is 14.9. The molecule has 0 saturated carbocycles. The molecule has 0 bridgehead atoms. The number of piperidine rings is 1. The zero-order chi connectivity index (χ0) is 20.2. The van der Waals surface area contributed by atoms with E-state index in [-0.39, 0.29) is 17.9 Å². The van der Waals surface area contributed by atoms with Crippen molar-refractivity contribution >= 4 is 17.5 Å². The van der Waals surface area contributed by atoms with Crippen molar-refractivity contribution in [1.29, 1.82) is 0 Å². The number of fused-ring (bicyclic) bond motifs is 1. The van der Waals surface area contributed by atoms with Gasteiger partial charge in [0.15, 0.2) is 0 Å². The van der Waals surface area contributed by atoms with E-state index in [1.807, 2.05) is 18.2 Å². The van der Waals surface area contributed by atoms with Crippen LogP contribution in [0.3, 0.4) is 0 Å². The number of rotatable bonds is 5. The fraction of sp³-hybridized carbons (Fsp3) is 0.480. The van der Waals surface area contributed by atoms with Gasteiger partial charge in [-0.3, -0.25) is 9.69 Å². The molecule has 0 radical (unpaired) electrons. The Labute approximate surface area is 179 Å². The number of nitrogens with one attached hydrogen (secondary N) is 1. The minimum absolute atomic E-state index is 0.0656. The molecule has 2 aromatic rings. The Balaban J connectivity index is 1.29. The van der Waals surface area contributed by atoms with Gasteiger partial charge in [0, 0.05) is 17.5 Å². The molecule has 0 spiro atoms. The highest BCUT2D eigenvalue weighted by atomic mass is 35.5. The molecule has 154 valence electrons. The number of halogens is 1. The summed E-state index contributed by atoms with van der Waals surface area (Å²) < 4.78 is 0. The molecule has 1 atom stereocenters. The monoisotopic (exact) mass is 410 g/mol. The molecular formula is C25H31ClN2O. The third-order valence-corrected chi connectivity index (χ3v) is 6.91. The predicted molar refractivity (Wildman–Crippen MR) is 119 cm³/mol. The molecule has 29 heavy (non-hydrogen) atoms. The molecule has 1 aliphatic heterocycles. The summed E-state index contributed by atoms with van der Waals surface area (Å²) in [5, 5.41) is 4.09. The van der Waals surface area contributed by atoms with Gasteiger partial charge in [-0.1, -0.05) is 48.0 Å². The molecular weight excluding hydrogens is 380 g/mol. The summed E-state index contributed by atoms with van der Waals surface area (Å²) in [5.41, 5.74) is 5.36. The lowest BCUT2D eigenvalue weighted by Crippen LogP contribution is -2.41. The first-order valence-electron chi connectivity index (χ1n) is 11.0. The molecule has 4 rings (SSSR count). The van der Waals surface area contributed by atoms with E-state index in [0.717, 1.165) is 43.1 Å². The van der Waals surface area contributed by atoms with Crippen molar-refractivity contribution in [3.05, 3.63) is 69.7 Å². The molecule has 2 aromatic carbocycles. The van der Waals surface area contributed by atoms with Gasteiger partial charge in [-0.2, -0.15) is 0 Å². The number of amides is 1. The summed E-state index contributed by atoms with van der Waals surface area (Å²) in [7, 11) is 0. The minimum Gasteiger partial charge on any atom is -0.349 e. The lowest BCUT2D eigenvalue weighted by Gasteiger charge is -2.32. The summed E-state index contributed by atoms with van der Waals surface area (Å²) >= 11 is 6.29. The van der Waals surface area contributed by atoms with Crippen LogP contribution in [0.5, 0.6) is 0 Å². The Hall–Kier alpha value is -1.84. The van der Waals surface area contributed by atoms with Crippen LogP contribution >= 0.6 is 11.6 Å². The highest BCUT2D eigenvalue weighted by Gasteiger charge is 2.26. The average Bonchev–Trinajstić information content (AvgIpc) is 2.75. The molecule has 1 unspecified atom stereocenters. The van der Waals surface area contributed by atoms with E-state index >= 15 is 0 Å². The Kier molecular flexibility index (Phi) is 6.56. The second-order valence-electron chi connectivity index (χ2n) is 8.61. The Morgan fingerprint density at radius 2 is 1.83 bits per heavy atom. The quantitative estimate of drug-likeness (QED) is 0.724. The zero-order valence-electron chi connectivity index (χ0n) is 17.3. The van der Waals surface area contributed by atoms with E-state index in [9.17, 15) is 4.79 Å². The molecule has 1 N–H and O–H groups in total. The number of likely N-dealkylation sites (tertiary alicyclic amines) is 1. The van der Waals surface area contributed by atoms with Crippen LogP contribution in [0.4, 0.5) is 0 Å². The Morgan fingerprint density at radius 3 is 2.59 bits per heavy atom. The Bertz CT molecular complexity index is 858. The van der Waals surface area contributed by atoms with Crippen LogP contribution < -0.4 is 5.32 Å². The first-order valence-corrected chi connectivity index (χ1v) is 11.4. The van der Waals surface area contributed by atoms with E-state index in [1.165, 1.54) is 42.4 Å². The Morgan fingerprint density at radius 1 is 1.10 bits per heavy atom. The molecule has 1 heterocycles. The SMILES string of the molecule is CC(NC(=O)C1CCN(Cc2ccccc2Cl)CC1)c1ccc2c(c1)CCCC2. The van der Waals surface area contributed by atoms with Gasteiger partial charge in [0.2, 0.25) is 5.91 Å². The zero-order valence-corrected chi connectivity index (χ0v) is 18.0. The van der Waals surface area contributed by atoms with Crippen LogP contribution in [0, 0.1) is 5.92 Å². The molecule has 1 amide bonds. The number of carbonyl (C=O) groups excluding carboxylic acids is 1. The summed E-state index contributed by atoms with van der Waals surface area (Å²) in [5.74, 6) is 0.310. The van der Waals surface area contributed by atoms with E-state index in [2.05, 4.69) is 41.4 Å². The molecule has 1 saturated heterocycles. The van der Waals surface area contributed by atoms with Crippen molar-refractivity contribution in [2.45, 2.75) is 58.0 Å². The van der Waals surface area contributed by atoms with Crippen molar-refractivity contribution in [3.63, 3.8) is 0 Å². The minimum atomic E-state index is 0.0656. The van der Waals surface area contributed by atoms with Gasteiger partial charge in [0.1, 0.15) is 0 Å². The predicted octanol–water partition coefficient (Wildman–Crippen LogP) is 5.31. The summed E-state index contributed by atoms with van der Waals surface area (Å²) in [4.78, 5) is 15.2. The molecule has 4 heteroatoms. The van der Waals surface area contributed by atoms with Crippen LogP contribution in [0.2, 0.25) is 5.02 Å². The van der Waals surface area contributed by atoms with Crippen LogP contribution in [0.25, 0.3) is 0 Å². The smallest absolute Gasteiger partial charge is 0.223 e. The van der Waals surface area contributed by atoms with Crippen LogP contribution in [0.15, 0.2) is 42.5 Å². The second kappa shape index (κ2) is 9.32. The van der Waals surface area contributed by atoms with Crippen molar-refractivity contribution in [2.24, 2.45) is 5.92 Å². The third kappa shape index (κ3) is 5.02. The molecule has 0 aromatic heterocycles. The number of benzene rings is 2. The van der Waals surface area contributed by atoms with Gasteiger partial charge in [0.25, 0.3) is 0 Å². The van der Waals surface area contributed by atoms with Crippen molar-refractivity contribution in [3.8, 4) is 0 Å². The van der Waals surface area contributed by atoms with Gasteiger partial charge in [-0.25, -0.2) is 0 Å². The van der Waals surface area contributed by atoms with Crippen molar-refractivity contribution in [2.75, 3.05) is 13.1 Å². The highest BCUT2D eigenvalue weighted by molar-refractivity contribution is 6.31. The third-order valence-electron chi connectivity index (χ3n) is 6.54. The molecule has 3 nitrogen and oxygen atoms in total. The maximum Gasteiger partial charge on any atom is 0.223 e. The average molecular weight is 411 g/mol. The van der Waals surface area contributed by atoms with E-state index in [0.29, 0.717) is 0 Å². The summed E-state index contributed by atoms with van der Waals surface area (Å²) in [6.45, 7) is 4.85. The standard InChI is InChI=1S/C25H31ClN2O/c1-18(21-11-10-19-6-2-3-7-22(19)16-21)27-25(29)20-12-14-28(15-13-20)17-23-8-4-5-9-24(23)26/h4-5,8-11,16,18,20H,2-3,6-7,12-15,17H2,1H3,(H,27,29). The molecule has 1 fully saturated rings. The first-order chi connectivity index (χ1) is 14.1. The molecule has 2 aliphatic rings. The lowest BCUT2D eigenvalue weighted by atomic mass is 9.89. The number of aryl methyl sites for hydroxylation is 2. The number of nitrogens with zero attached hydrogens (tertiary/aromatic N) is 1. The summed E-state index contributed by atoms with van der Waals surface area (Å²) in [6.07, 6.45) is 6.77. The van der Waals surface area contributed by atoms with E-state index in [4.69, 9.17) is 11.6 Å². The van der Waals surface area contributed by atoms with E-state index < -0.39 is 0 Å². The fourth-order valence-electron chi connectivity index (χ4n) is 4.66. The van der Waals surface area contributed by atoms with Crippen LogP contribution in [-0.2, 0) is 24.2 Å². The van der Waals surface area contributed by atoms with Gasteiger partial charge >= 0.3 is 0 Å². The lowest BCUT2D eigenvalue weighted by molar-refractivity contribution is -0.127. The van der Waals surface area contributed by atoms with Crippen LogP contribution in [0.1, 0.15) is 60.9 Å². The van der Waals surface area contributed by atoms with Gasteiger partial charge in [-0.05, 0) is 86.9 Å². The highest BCUT2D eigenvalue weighted by Crippen LogP contribution is 2.26.